The van der Waals surface area contributed by atoms with Crippen molar-refractivity contribution in [1.82, 2.24) is 5.32 Å². The number of aryl methyl sites for hydroxylation is 1. The van der Waals surface area contributed by atoms with E-state index in [1.807, 2.05) is 24.3 Å². The number of ether oxygens (including phenoxy) is 1. The molecule has 0 amide bonds. The van der Waals surface area contributed by atoms with Gasteiger partial charge in [0.15, 0.2) is 6.61 Å². The van der Waals surface area contributed by atoms with Crippen LogP contribution in [-0.4, -0.2) is 35.9 Å². The number of halogens is 1. The number of benzene rings is 2. The van der Waals surface area contributed by atoms with Crippen LogP contribution in [0.4, 0.5) is 0 Å². The lowest BCUT2D eigenvalue weighted by Crippen LogP contribution is -2.22. The molecule has 134 valence electrons. The van der Waals surface area contributed by atoms with Crippen molar-refractivity contribution in [2.24, 2.45) is 0 Å². The molecule has 0 bridgehead atoms. The van der Waals surface area contributed by atoms with Crippen LogP contribution in [0.25, 0.3) is 0 Å². The quantitative estimate of drug-likeness (QED) is 0.565. The van der Waals surface area contributed by atoms with E-state index >= 15 is 0 Å². The van der Waals surface area contributed by atoms with Crippen LogP contribution in [0.15, 0.2) is 48.5 Å². The highest BCUT2D eigenvalue weighted by molar-refractivity contribution is 6.30. The second-order valence-corrected chi connectivity index (χ2v) is 6.14. The molecule has 25 heavy (non-hydrogen) atoms. The second kappa shape index (κ2) is 10.0. The summed E-state index contributed by atoms with van der Waals surface area (Å²) in [7, 11) is 0. The van der Waals surface area contributed by atoms with E-state index in [0.717, 1.165) is 30.5 Å². The Morgan fingerprint density at radius 1 is 1.20 bits per heavy atom. The molecule has 1 atom stereocenters. The van der Waals surface area contributed by atoms with Gasteiger partial charge in [-0.15, -0.1) is 0 Å². The Labute approximate surface area is 152 Å². The molecule has 0 saturated heterocycles. The number of aliphatic hydroxyl groups is 1. The van der Waals surface area contributed by atoms with Crippen LogP contribution in [0.3, 0.4) is 0 Å². The van der Waals surface area contributed by atoms with Gasteiger partial charge in [0, 0.05) is 11.6 Å². The smallest absolute Gasteiger partial charge is 0.341 e. The average Bonchev–Trinajstić information content (AvgIpc) is 2.60. The van der Waals surface area contributed by atoms with Gasteiger partial charge in [-0.3, -0.25) is 0 Å². The van der Waals surface area contributed by atoms with E-state index in [0.29, 0.717) is 17.3 Å². The van der Waals surface area contributed by atoms with Crippen molar-refractivity contribution in [1.29, 1.82) is 0 Å². The number of carboxylic acid groups (broad SMARTS) is 1. The topological polar surface area (TPSA) is 78.8 Å². The summed E-state index contributed by atoms with van der Waals surface area (Å²) in [4.78, 5) is 10.4. The van der Waals surface area contributed by atoms with Gasteiger partial charge < -0.3 is 20.3 Å². The largest absolute Gasteiger partial charge is 0.482 e. The molecular formula is C19H22ClNO4. The van der Waals surface area contributed by atoms with Crippen LogP contribution in [-0.2, 0) is 11.2 Å². The van der Waals surface area contributed by atoms with E-state index in [1.54, 1.807) is 24.3 Å². The zero-order chi connectivity index (χ0) is 18.1. The summed E-state index contributed by atoms with van der Waals surface area (Å²) in [6.45, 7) is 0.926. The summed E-state index contributed by atoms with van der Waals surface area (Å²) < 4.78 is 5.09. The van der Waals surface area contributed by atoms with Gasteiger partial charge in [-0.05, 0) is 54.8 Å². The van der Waals surface area contributed by atoms with E-state index < -0.39 is 12.1 Å². The van der Waals surface area contributed by atoms with Crippen LogP contribution in [0, 0.1) is 0 Å². The maximum absolute atomic E-state index is 10.4. The standard InChI is InChI=1S/C19H22ClNO4/c20-16-5-1-4-15(11-16)18(22)12-21-10-2-3-14-6-8-17(9-7-14)25-13-19(23)24/h1,4-9,11,18,21-22H,2-3,10,12-13H2,(H,23,24). The summed E-state index contributed by atoms with van der Waals surface area (Å²) >= 11 is 5.92. The molecule has 0 spiro atoms. The van der Waals surface area contributed by atoms with Crippen LogP contribution in [0.1, 0.15) is 23.7 Å². The maximum atomic E-state index is 10.4. The molecule has 5 nitrogen and oxygen atoms in total. The summed E-state index contributed by atoms with van der Waals surface area (Å²) in [6, 6.07) is 14.6. The van der Waals surface area contributed by atoms with Gasteiger partial charge in [-0.1, -0.05) is 35.9 Å². The zero-order valence-corrected chi connectivity index (χ0v) is 14.6. The molecule has 2 rings (SSSR count). The molecule has 0 aliphatic heterocycles. The first-order valence-electron chi connectivity index (χ1n) is 8.12. The van der Waals surface area contributed by atoms with Crippen molar-refractivity contribution in [3.63, 3.8) is 0 Å². The van der Waals surface area contributed by atoms with E-state index in [-0.39, 0.29) is 6.61 Å². The van der Waals surface area contributed by atoms with E-state index in [4.69, 9.17) is 21.4 Å². The Hall–Kier alpha value is -2.08. The number of rotatable bonds is 10. The predicted molar refractivity (Wildman–Crippen MR) is 97.2 cm³/mol. The van der Waals surface area contributed by atoms with Crippen molar-refractivity contribution < 1.29 is 19.7 Å². The molecule has 0 aromatic heterocycles. The third kappa shape index (κ3) is 7.13. The lowest BCUT2D eigenvalue weighted by Gasteiger charge is -2.12. The summed E-state index contributed by atoms with van der Waals surface area (Å²) in [5.74, 6) is -0.441. The number of aliphatic carboxylic acids is 1. The molecule has 0 saturated carbocycles. The Bertz CT molecular complexity index is 675. The Balaban J connectivity index is 1.65. The molecule has 0 fully saturated rings. The minimum absolute atomic E-state index is 0.335. The van der Waals surface area contributed by atoms with Crippen LogP contribution < -0.4 is 10.1 Å². The molecule has 1 unspecified atom stereocenters. The Morgan fingerprint density at radius 3 is 2.64 bits per heavy atom. The maximum Gasteiger partial charge on any atom is 0.341 e. The first kappa shape index (κ1) is 19.2. The van der Waals surface area contributed by atoms with Gasteiger partial charge in [0.1, 0.15) is 5.75 Å². The first-order chi connectivity index (χ1) is 12.0. The van der Waals surface area contributed by atoms with Crippen molar-refractivity contribution in [2.45, 2.75) is 18.9 Å². The minimum atomic E-state index is -0.991. The van der Waals surface area contributed by atoms with Gasteiger partial charge in [0.05, 0.1) is 6.10 Å². The van der Waals surface area contributed by atoms with Crippen molar-refractivity contribution >= 4 is 17.6 Å². The second-order valence-electron chi connectivity index (χ2n) is 5.70. The molecule has 0 aliphatic carbocycles. The normalized spacial score (nSPS) is 11.9. The molecule has 6 heteroatoms. The van der Waals surface area contributed by atoms with Crippen LogP contribution in [0.2, 0.25) is 5.02 Å². The highest BCUT2D eigenvalue weighted by Crippen LogP contribution is 2.17. The molecule has 2 aromatic carbocycles. The number of carbonyl (C=O) groups is 1. The number of nitrogens with one attached hydrogen (secondary N) is 1. The zero-order valence-electron chi connectivity index (χ0n) is 13.8. The van der Waals surface area contributed by atoms with Gasteiger partial charge in [0.2, 0.25) is 0 Å². The van der Waals surface area contributed by atoms with Crippen LogP contribution >= 0.6 is 11.6 Å². The van der Waals surface area contributed by atoms with E-state index in [1.165, 1.54) is 0 Å². The molecule has 0 heterocycles. The fourth-order valence-corrected chi connectivity index (χ4v) is 2.58. The highest BCUT2D eigenvalue weighted by Gasteiger charge is 2.07. The fourth-order valence-electron chi connectivity index (χ4n) is 2.39. The van der Waals surface area contributed by atoms with Gasteiger partial charge >= 0.3 is 5.97 Å². The molecule has 3 N–H and O–H groups in total. The first-order valence-corrected chi connectivity index (χ1v) is 8.50. The SMILES string of the molecule is O=C(O)COc1ccc(CCCNCC(O)c2cccc(Cl)c2)cc1. The molecule has 0 aliphatic rings. The Kier molecular flexibility index (Phi) is 7.73. The van der Waals surface area contributed by atoms with Gasteiger partial charge in [0.25, 0.3) is 0 Å². The number of aliphatic hydroxyl groups excluding tert-OH is 1. The fraction of sp³-hybridized carbons (Fsp3) is 0.316. The third-order valence-electron chi connectivity index (χ3n) is 3.68. The van der Waals surface area contributed by atoms with Gasteiger partial charge in [-0.25, -0.2) is 4.79 Å². The van der Waals surface area contributed by atoms with Crippen LogP contribution in [0.5, 0.6) is 5.75 Å². The summed E-state index contributed by atoms with van der Waals surface area (Å²) in [5.41, 5.74) is 1.96. The predicted octanol–water partition coefficient (Wildman–Crippen LogP) is 3.06. The number of hydrogen-bond acceptors (Lipinski definition) is 4. The van der Waals surface area contributed by atoms with Gasteiger partial charge in [-0.2, -0.15) is 0 Å². The van der Waals surface area contributed by atoms with Crippen molar-refractivity contribution in [2.75, 3.05) is 19.7 Å². The monoisotopic (exact) mass is 363 g/mol. The Morgan fingerprint density at radius 2 is 1.96 bits per heavy atom. The highest BCUT2D eigenvalue weighted by atomic mass is 35.5. The summed E-state index contributed by atoms with van der Waals surface area (Å²) in [6.07, 6.45) is 1.24. The lowest BCUT2D eigenvalue weighted by atomic mass is 10.1. The molecule has 2 aromatic rings. The minimum Gasteiger partial charge on any atom is -0.482 e. The lowest BCUT2D eigenvalue weighted by molar-refractivity contribution is -0.139. The number of carboxylic acids is 1. The third-order valence-corrected chi connectivity index (χ3v) is 3.91. The average molecular weight is 364 g/mol. The number of hydrogen-bond donors (Lipinski definition) is 3. The molecular weight excluding hydrogens is 342 g/mol. The summed E-state index contributed by atoms with van der Waals surface area (Å²) in [5, 5.41) is 22.5. The van der Waals surface area contributed by atoms with E-state index in [2.05, 4.69) is 5.32 Å². The van der Waals surface area contributed by atoms with Crippen molar-refractivity contribution in [3.8, 4) is 5.75 Å². The van der Waals surface area contributed by atoms with Crippen molar-refractivity contribution in [3.05, 3.63) is 64.7 Å². The van der Waals surface area contributed by atoms with E-state index in [9.17, 15) is 9.90 Å². The molecule has 0 radical (unpaired) electrons.